The smallest absolute Gasteiger partial charge is 0.463 e. The summed E-state index contributed by atoms with van der Waals surface area (Å²) in [7, 11) is -9.82. The molecule has 5 atom stereocenters. The van der Waals surface area contributed by atoms with Gasteiger partial charge in [-0.3, -0.25) is 32.5 Å². The summed E-state index contributed by atoms with van der Waals surface area (Å²) in [5, 5.41) is 20.6. The van der Waals surface area contributed by atoms with Gasteiger partial charge in [0.25, 0.3) is 0 Å². The highest BCUT2D eigenvalue weighted by atomic mass is 31.2. The molecular weight excluding hydrogens is 1220 g/mol. The van der Waals surface area contributed by atoms with Gasteiger partial charge in [0.05, 0.1) is 26.4 Å². The van der Waals surface area contributed by atoms with Gasteiger partial charge in [0.2, 0.25) is 0 Å². The van der Waals surface area contributed by atoms with E-state index in [1.54, 1.807) is 0 Å². The van der Waals surface area contributed by atoms with Crippen LogP contribution in [0.15, 0.2) is 170 Å². The van der Waals surface area contributed by atoms with Crippen LogP contribution in [0.2, 0.25) is 0 Å². The van der Waals surface area contributed by atoms with E-state index in [0.29, 0.717) is 25.7 Å². The standard InChI is InChI=1S/C75H120O16P2/c1-4-7-10-13-16-19-22-25-27-29-31-32-33-34-35-36-38-40-41-44-46-49-52-55-58-61-73(78)85-64-70(76)65-87-92(81,82)88-66-71(77)67-89-93(83,84)90-69-72(91-75(80)63-60-57-54-51-48-43-24-21-18-15-12-9-6-3)68-86-74(79)62-59-56-53-50-47-45-42-39-37-30-28-26-23-20-17-14-11-8-5-2/h7-8,10-12,15-17,19-21,24-28,31-32,34-35,37-40,45,47,53,56,70-72,76-77H,4-6,9,13-14,18,22-23,29-30,33,36,41-44,46,48-52,54-55,57-69H2,1-3H3,(H,81,82)(H,83,84)/b10-7-,11-8-,15-12-,19-16-,20-17-,24-21-,27-25-,28-26-,32-31-,35-34-,39-37-,40-38-,47-45-,56-53-. The average molecular weight is 1340 g/mol. The zero-order valence-corrected chi connectivity index (χ0v) is 58.6. The van der Waals surface area contributed by atoms with Gasteiger partial charge in [-0.05, 0) is 135 Å². The van der Waals surface area contributed by atoms with Gasteiger partial charge in [-0.1, -0.05) is 242 Å². The molecule has 0 aliphatic carbocycles. The van der Waals surface area contributed by atoms with Crippen molar-refractivity contribution in [3.8, 4) is 0 Å². The lowest BCUT2D eigenvalue weighted by Gasteiger charge is -2.21. The highest BCUT2D eigenvalue weighted by Gasteiger charge is 2.29. The average Bonchev–Trinajstić information content (AvgIpc) is 3.74. The topological polar surface area (TPSA) is 231 Å². The molecule has 0 aromatic carbocycles. The van der Waals surface area contributed by atoms with Crippen LogP contribution in [-0.2, 0) is 55.8 Å². The molecule has 16 nitrogen and oxygen atoms in total. The number of hydrogen-bond donors (Lipinski definition) is 4. The Labute approximate surface area is 561 Å². The Kier molecular flexibility index (Phi) is 63.2. The summed E-state index contributed by atoms with van der Waals surface area (Å²) >= 11 is 0. The first-order valence-corrected chi connectivity index (χ1v) is 37.4. The molecule has 18 heteroatoms. The quantitative estimate of drug-likeness (QED) is 0.0146. The van der Waals surface area contributed by atoms with Gasteiger partial charge in [-0.25, -0.2) is 9.13 Å². The number of esters is 3. The summed E-state index contributed by atoms with van der Waals surface area (Å²) in [6.45, 7) is 2.21. The summed E-state index contributed by atoms with van der Waals surface area (Å²) in [6, 6.07) is 0. The first-order chi connectivity index (χ1) is 45.2. The minimum atomic E-state index is -4.95. The fraction of sp³-hybridized carbons (Fsp3) is 0.587. The Morgan fingerprint density at radius 1 is 0.312 bits per heavy atom. The fourth-order valence-electron chi connectivity index (χ4n) is 8.22. The molecule has 526 valence electrons. The molecule has 5 unspecified atom stereocenters. The number of aliphatic hydroxyl groups is 2. The molecule has 0 heterocycles. The number of carbonyl (C=O) groups excluding carboxylic acids is 3. The Hall–Kier alpha value is -5.09. The van der Waals surface area contributed by atoms with Crippen molar-refractivity contribution in [2.75, 3.05) is 39.6 Å². The van der Waals surface area contributed by atoms with E-state index >= 15 is 0 Å². The predicted molar refractivity (Wildman–Crippen MR) is 380 cm³/mol. The Morgan fingerprint density at radius 3 is 0.968 bits per heavy atom. The number of aliphatic hydroxyl groups excluding tert-OH is 2. The molecule has 0 amide bonds. The molecule has 0 bridgehead atoms. The van der Waals surface area contributed by atoms with Crippen molar-refractivity contribution in [2.24, 2.45) is 0 Å². The van der Waals surface area contributed by atoms with Crippen LogP contribution in [0.5, 0.6) is 0 Å². The van der Waals surface area contributed by atoms with Gasteiger partial charge in [0.1, 0.15) is 25.4 Å². The number of phosphoric acid groups is 2. The Balaban J connectivity index is 4.68. The summed E-state index contributed by atoms with van der Waals surface area (Å²) in [5.41, 5.74) is 0. The van der Waals surface area contributed by atoms with Crippen molar-refractivity contribution in [1.29, 1.82) is 0 Å². The zero-order chi connectivity index (χ0) is 68.1. The first-order valence-electron chi connectivity index (χ1n) is 34.4. The molecule has 0 rings (SSSR count). The lowest BCUT2D eigenvalue weighted by molar-refractivity contribution is -0.161. The van der Waals surface area contributed by atoms with Gasteiger partial charge in [-0.15, -0.1) is 0 Å². The van der Waals surface area contributed by atoms with E-state index in [1.807, 2.05) is 18.2 Å². The third kappa shape index (κ3) is 68.1. The zero-order valence-electron chi connectivity index (χ0n) is 56.9. The van der Waals surface area contributed by atoms with Gasteiger partial charge < -0.3 is 34.2 Å². The maximum Gasteiger partial charge on any atom is 0.472 e. The second kappa shape index (κ2) is 66.9. The maximum absolute atomic E-state index is 12.9. The SMILES string of the molecule is CC/C=C\C/C=C\C/C=C\C/C=C\C/C=C\C/C=C\CCCCCCCCC(=O)OCC(O)COP(=O)(O)OCC(O)COP(=O)(O)OCC(COC(=O)CC/C=C\C/C=C\C/C=C\C/C=C\C/C=C\C/C=C\CC)OC(=O)CCCCCCC/C=C\C/C=C\CCC. The van der Waals surface area contributed by atoms with E-state index < -0.39 is 91.5 Å². The summed E-state index contributed by atoms with van der Waals surface area (Å²) in [4.78, 5) is 58.3. The van der Waals surface area contributed by atoms with Crippen LogP contribution in [0.25, 0.3) is 0 Å². The first kappa shape index (κ1) is 87.9. The number of rotatable bonds is 63. The molecule has 0 aliphatic heterocycles. The lowest BCUT2D eigenvalue weighted by atomic mass is 10.1. The number of phosphoric ester groups is 2. The predicted octanol–water partition coefficient (Wildman–Crippen LogP) is 19.3. The normalized spacial score (nSPS) is 15.2. The van der Waals surface area contributed by atoms with Gasteiger partial charge >= 0.3 is 33.6 Å². The molecule has 0 spiro atoms. The number of ether oxygens (including phenoxy) is 3. The van der Waals surface area contributed by atoms with Crippen LogP contribution in [0.3, 0.4) is 0 Å². The summed E-state index contributed by atoms with van der Waals surface area (Å²) in [5.74, 6) is -1.72. The van der Waals surface area contributed by atoms with Crippen molar-refractivity contribution in [1.82, 2.24) is 0 Å². The number of hydrogen-bond acceptors (Lipinski definition) is 14. The molecular formula is C75H120O16P2. The molecule has 93 heavy (non-hydrogen) atoms. The monoisotopic (exact) mass is 1340 g/mol. The Morgan fingerprint density at radius 2 is 0.591 bits per heavy atom. The van der Waals surface area contributed by atoms with E-state index in [2.05, 4.69) is 173 Å². The van der Waals surface area contributed by atoms with Crippen LogP contribution < -0.4 is 0 Å². The molecule has 0 fully saturated rings. The van der Waals surface area contributed by atoms with Crippen molar-refractivity contribution in [2.45, 2.75) is 245 Å². The van der Waals surface area contributed by atoms with Crippen molar-refractivity contribution < 1.29 is 75.8 Å². The van der Waals surface area contributed by atoms with Gasteiger partial charge in [0.15, 0.2) is 6.10 Å². The maximum atomic E-state index is 12.9. The van der Waals surface area contributed by atoms with Crippen LogP contribution >= 0.6 is 15.6 Å². The highest BCUT2D eigenvalue weighted by Crippen LogP contribution is 2.45. The minimum Gasteiger partial charge on any atom is -0.463 e. The van der Waals surface area contributed by atoms with Crippen LogP contribution in [0.4, 0.5) is 0 Å². The fourth-order valence-corrected chi connectivity index (χ4v) is 9.81. The molecule has 0 aliphatic rings. The van der Waals surface area contributed by atoms with Gasteiger partial charge in [0, 0.05) is 19.3 Å². The summed E-state index contributed by atoms with van der Waals surface area (Å²) in [6.07, 6.45) is 82.8. The van der Waals surface area contributed by atoms with E-state index in [1.165, 1.54) is 0 Å². The molecule has 0 aromatic rings. The largest absolute Gasteiger partial charge is 0.472 e. The molecule has 0 saturated heterocycles. The molecule has 4 N–H and O–H groups in total. The van der Waals surface area contributed by atoms with Crippen LogP contribution in [0, 0.1) is 0 Å². The lowest BCUT2D eigenvalue weighted by Crippen LogP contribution is -2.30. The van der Waals surface area contributed by atoms with E-state index in [4.69, 9.17) is 32.3 Å². The second-order valence-corrected chi connectivity index (χ2v) is 25.1. The number of allylic oxidation sites excluding steroid dienone is 28. The van der Waals surface area contributed by atoms with Gasteiger partial charge in [-0.2, -0.15) is 0 Å². The number of unbranched alkanes of at least 4 members (excludes halogenated alkanes) is 12. The summed E-state index contributed by atoms with van der Waals surface area (Å²) < 4.78 is 60.7. The van der Waals surface area contributed by atoms with Crippen molar-refractivity contribution in [3.63, 3.8) is 0 Å². The minimum absolute atomic E-state index is 0.0357. The third-order valence-corrected chi connectivity index (χ3v) is 15.3. The third-order valence-electron chi connectivity index (χ3n) is 13.4. The molecule has 0 saturated carbocycles. The van der Waals surface area contributed by atoms with E-state index in [-0.39, 0.29) is 19.3 Å². The van der Waals surface area contributed by atoms with Crippen LogP contribution in [-0.4, -0.2) is 95.9 Å². The Bertz CT molecular complexity index is 2370. The van der Waals surface area contributed by atoms with E-state index in [0.717, 1.165) is 161 Å². The van der Waals surface area contributed by atoms with Crippen molar-refractivity contribution in [3.05, 3.63) is 170 Å². The number of carbonyl (C=O) groups is 3. The molecule has 0 aromatic heterocycles. The highest BCUT2D eigenvalue weighted by molar-refractivity contribution is 7.47. The van der Waals surface area contributed by atoms with Crippen molar-refractivity contribution >= 4 is 33.6 Å². The van der Waals surface area contributed by atoms with E-state index in [9.17, 15) is 43.5 Å². The van der Waals surface area contributed by atoms with Crippen LogP contribution in [0.1, 0.15) is 226 Å². The molecule has 0 radical (unpaired) electrons. The second-order valence-electron chi connectivity index (χ2n) is 22.2.